The molecule has 0 radical (unpaired) electrons. The first kappa shape index (κ1) is 13.5. The zero-order chi connectivity index (χ0) is 13.0. The summed E-state index contributed by atoms with van der Waals surface area (Å²) < 4.78 is 7.76. The van der Waals surface area contributed by atoms with Crippen LogP contribution < -0.4 is 5.73 Å². The second-order valence-electron chi connectivity index (χ2n) is 5.03. The molecular weight excluding hydrogens is 228 g/mol. The van der Waals surface area contributed by atoms with Crippen molar-refractivity contribution in [3.05, 3.63) is 18.2 Å². The Morgan fingerprint density at radius 1 is 1.56 bits per heavy atom. The Morgan fingerprint density at radius 3 is 3.11 bits per heavy atom. The van der Waals surface area contributed by atoms with Gasteiger partial charge in [-0.15, -0.1) is 0 Å². The van der Waals surface area contributed by atoms with E-state index in [2.05, 4.69) is 34.5 Å². The number of ether oxygens (including phenoxy) is 1. The highest BCUT2D eigenvalue weighted by atomic mass is 16.5. The Hall–Kier alpha value is -0.910. The maximum atomic E-state index is 5.71. The third kappa shape index (κ3) is 3.31. The van der Waals surface area contributed by atoms with E-state index in [1.165, 1.54) is 0 Å². The summed E-state index contributed by atoms with van der Waals surface area (Å²) in [5.41, 5.74) is 6.66. The first-order valence-electron chi connectivity index (χ1n) is 6.79. The molecule has 102 valence electrons. The Kier molecular flexibility index (Phi) is 4.74. The maximum Gasteiger partial charge on any atom is 0.0950 e. The first-order chi connectivity index (χ1) is 8.72. The summed E-state index contributed by atoms with van der Waals surface area (Å²) in [4.78, 5) is 6.92. The molecule has 2 rings (SSSR count). The summed E-state index contributed by atoms with van der Waals surface area (Å²) in [5, 5.41) is 0. The molecule has 1 aliphatic heterocycles. The zero-order valence-electron chi connectivity index (χ0n) is 11.4. The molecule has 0 aromatic carbocycles. The smallest absolute Gasteiger partial charge is 0.0950 e. The summed E-state index contributed by atoms with van der Waals surface area (Å²) in [6.07, 6.45) is 5.40. The molecule has 2 unspecified atom stereocenters. The number of morpholine rings is 1. The van der Waals surface area contributed by atoms with Crippen LogP contribution in [0.2, 0.25) is 0 Å². The molecule has 1 saturated heterocycles. The zero-order valence-corrected chi connectivity index (χ0v) is 11.4. The number of imidazole rings is 1. The molecule has 0 saturated carbocycles. The Bertz CT molecular complexity index is 366. The average molecular weight is 252 g/mol. The molecule has 0 bridgehead atoms. The summed E-state index contributed by atoms with van der Waals surface area (Å²) in [7, 11) is 0. The SMILES string of the molecule is CCC1COC(C)CN1Cc1cn(CCN)cn1. The molecule has 0 aliphatic carbocycles. The van der Waals surface area contributed by atoms with Gasteiger partial charge in [-0.2, -0.15) is 0 Å². The predicted molar refractivity (Wildman–Crippen MR) is 71.2 cm³/mol. The van der Waals surface area contributed by atoms with Crippen molar-refractivity contribution in [3.8, 4) is 0 Å². The van der Waals surface area contributed by atoms with Crippen molar-refractivity contribution in [2.45, 2.75) is 45.5 Å². The maximum absolute atomic E-state index is 5.71. The first-order valence-corrected chi connectivity index (χ1v) is 6.79. The molecule has 2 heterocycles. The topological polar surface area (TPSA) is 56.3 Å². The number of nitrogens with two attached hydrogens (primary N) is 1. The van der Waals surface area contributed by atoms with Gasteiger partial charge >= 0.3 is 0 Å². The third-order valence-electron chi connectivity index (χ3n) is 3.49. The van der Waals surface area contributed by atoms with E-state index in [9.17, 15) is 0 Å². The minimum atomic E-state index is 0.318. The lowest BCUT2D eigenvalue weighted by Crippen LogP contribution is -2.47. The second-order valence-corrected chi connectivity index (χ2v) is 5.03. The molecule has 1 aromatic rings. The van der Waals surface area contributed by atoms with E-state index in [0.717, 1.165) is 38.4 Å². The highest BCUT2D eigenvalue weighted by Gasteiger charge is 2.25. The normalized spacial score (nSPS) is 25.5. The molecule has 1 fully saturated rings. The Balaban J connectivity index is 1.96. The fraction of sp³-hybridized carbons (Fsp3) is 0.769. The third-order valence-corrected chi connectivity index (χ3v) is 3.49. The van der Waals surface area contributed by atoms with Crippen molar-refractivity contribution < 1.29 is 4.74 Å². The summed E-state index contributed by atoms with van der Waals surface area (Å²) in [5.74, 6) is 0. The molecule has 5 nitrogen and oxygen atoms in total. The van der Waals surface area contributed by atoms with Crippen LogP contribution in [0.1, 0.15) is 26.0 Å². The van der Waals surface area contributed by atoms with Crippen molar-refractivity contribution in [2.75, 3.05) is 19.7 Å². The van der Waals surface area contributed by atoms with E-state index in [4.69, 9.17) is 10.5 Å². The molecule has 2 N–H and O–H groups in total. The van der Waals surface area contributed by atoms with Gasteiger partial charge in [0.1, 0.15) is 0 Å². The van der Waals surface area contributed by atoms with Crippen molar-refractivity contribution in [2.24, 2.45) is 5.73 Å². The monoisotopic (exact) mass is 252 g/mol. The number of hydrogen-bond acceptors (Lipinski definition) is 4. The van der Waals surface area contributed by atoms with Gasteiger partial charge in [0.05, 0.1) is 24.7 Å². The van der Waals surface area contributed by atoms with Gasteiger partial charge in [0, 0.05) is 38.4 Å². The van der Waals surface area contributed by atoms with E-state index in [1.54, 1.807) is 0 Å². The Labute approximate surface area is 109 Å². The summed E-state index contributed by atoms with van der Waals surface area (Å²) >= 11 is 0. The number of nitrogens with zero attached hydrogens (tertiary/aromatic N) is 3. The molecule has 2 atom stereocenters. The van der Waals surface area contributed by atoms with Crippen LogP contribution in [-0.2, 0) is 17.8 Å². The van der Waals surface area contributed by atoms with Crippen molar-refractivity contribution in [1.82, 2.24) is 14.5 Å². The largest absolute Gasteiger partial charge is 0.376 e. The molecule has 1 aromatic heterocycles. The summed E-state index contributed by atoms with van der Waals surface area (Å²) in [6, 6.07) is 0.515. The van der Waals surface area contributed by atoms with E-state index in [1.807, 2.05) is 6.33 Å². The highest BCUT2D eigenvalue weighted by Crippen LogP contribution is 2.16. The van der Waals surface area contributed by atoms with E-state index in [-0.39, 0.29) is 0 Å². The molecule has 0 spiro atoms. The average Bonchev–Trinajstić information content (AvgIpc) is 2.77. The lowest BCUT2D eigenvalue weighted by molar-refractivity contribution is -0.0595. The van der Waals surface area contributed by atoms with Gasteiger partial charge in [0.2, 0.25) is 0 Å². The van der Waals surface area contributed by atoms with Crippen LogP contribution in [0.5, 0.6) is 0 Å². The van der Waals surface area contributed by atoms with Gasteiger partial charge < -0.3 is 15.0 Å². The van der Waals surface area contributed by atoms with E-state index < -0.39 is 0 Å². The number of aromatic nitrogens is 2. The van der Waals surface area contributed by atoms with Gasteiger partial charge in [-0.05, 0) is 13.3 Å². The lowest BCUT2D eigenvalue weighted by Gasteiger charge is -2.37. The molecule has 0 amide bonds. The second kappa shape index (κ2) is 6.31. The van der Waals surface area contributed by atoms with Crippen LogP contribution in [0, 0.1) is 0 Å². The van der Waals surface area contributed by atoms with Crippen LogP contribution in [-0.4, -0.2) is 46.3 Å². The van der Waals surface area contributed by atoms with Crippen LogP contribution in [0.4, 0.5) is 0 Å². The minimum absolute atomic E-state index is 0.318. The molecule has 5 heteroatoms. The minimum Gasteiger partial charge on any atom is -0.376 e. The van der Waals surface area contributed by atoms with Gasteiger partial charge in [-0.25, -0.2) is 4.98 Å². The standard InChI is InChI=1S/C13H24N4O/c1-3-13-9-18-11(2)6-17(13)8-12-7-16(5-4-14)10-15-12/h7,10-11,13H,3-6,8-9,14H2,1-2H3. The Morgan fingerprint density at radius 2 is 2.39 bits per heavy atom. The highest BCUT2D eigenvalue weighted by molar-refractivity contribution is 4.98. The van der Waals surface area contributed by atoms with Crippen LogP contribution in [0.3, 0.4) is 0 Å². The van der Waals surface area contributed by atoms with Crippen LogP contribution in [0.25, 0.3) is 0 Å². The fourth-order valence-corrected chi connectivity index (χ4v) is 2.45. The van der Waals surface area contributed by atoms with Crippen molar-refractivity contribution in [3.63, 3.8) is 0 Å². The van der Waals surface area contributed by atoms with Gasteiger partial charge in [-0.1, -0.05) is 6.92 Å². The number of rotatable bonds is 5. The van der Waals surface area contributed by atoms with Crippen LogP contribution >= 0.6 is 0 Å². The lowest BCUT2D eigenvalue weighted by atomic mass is 10.1. The molecule has 1 aliphatic rings. The molecular formula is C13H24N4O. The number of hydrogen-bond donors (Lipinski definition) is 1. The van der Waals surface area contributed by atoms with Crippen LogP contribution in [0.15, 0.2) is 12.5 Å². The van der Waals surface area contributed by atoms with Gasteiger partial charge in [0.15, 0.2) is 0 Å². The summed E-state index contributed by atoms with van der Waals surface area (Å²) in [6.45, 7) is 8.56. The van der Waals surface area contributed by atoms with Gasteiger partial charge in [-0.3, -0.25) is 4.90 Å². The van der Waals surface area contributed by atoms with E-state index in [0.29, 0.717) is 18.7 Å². The van der Waals surface area contributed by atoms with Crippen molar-refractivity contribution >= 4 is 0 Å². The fourth-order valence-electron chi connectivity index (χ4n) is 2.45. The predicted octanol–water partition coefficient (Wildman–Crippen LogP) is 0.841. The molecule has 18 heavy (non-hydrogen) atoms. The van der Waals surface area contributed by atoms with E-state index >= 15 is 0 Å². The quantitative estimate of drug-likeness (QED) is 0.844. The van der Waals surface area contributed by atoms with Gasteiger partial charge in [0.25, 0.3) is 0 Å². The van der Waals surface area contributed by atoms with Crippen molar-refractivity contribution in [1.29, 1.82) is 0 Å².